The molecule has 3 heterocycles. The SMILES string of the molecule is Cn1c(Cl)cnc1COC(=O)c1csc(-c2cccs2)n1. The number of nitrogens with zero attached hydrogens (tertiary/aromatic N) is 3. The summed E-state index contributed by atoms with van der Waals surface area (Å²) < 4.78 is 6.87. The molecule has 8 heteroatoms. The largest absolute Gasteiger partial charge is 0.453 e. The number of rotatable bonds is 4. The van der Waals surface area contributed by atoms with Gasteiger partial charge in [-0.05, 0) is 11.4 Å². The third-order valence-electron chi connectivity index (χ3n) is 2.81. The fraction of sp³-hybridized carbons (Fsp3) is 0.154. The standard InChI is InChI=1S/C13H10ClN3O2S2/c1-17-10(14)5-15-11(17)6-19-13(18)8-7-21-12(16-8)9-3-2-4-20-9/h2-5,7H,6H2,1H3. The van der Waals surface area contributed by atoms with Gasteiger partial charge >= 0.3 is 5.97 Å². The van der Waals surface area contributed by atoms with Gasteiger partial charge in [-0.15, -0.1) is 22.7 Å². The average molecular weight is 340 g/mol. The van der Waals surface area contributed by atoms with Crippen LogP contribution in [-0.4, -0.2) is 20.5 Å². The molecule has 0 N–H and O–H groups in total. The first-order valence-corrected chi connectivity index (χ1v) is 8.11. The molecule has 0 unspecified atom stereocenters. The maximum Gasteiger partial charge on any atom is 0.358 e. The van der Waals surface area contributed by atoms with Crippen LogP contribution in [0.4, 0.5) is 0 Å². The third kappa shape index (κ3) is 2.99. The van der Waals surface area contributed by atoms with E-state index >= 15 is 0 Å². The van der Waals surface area contributed by atoms with Crippen molar-refractivity contribution in [3.8, 4) is 9.88 Å². The normalized spacial score (nSPS) is 10.8. The molecule has 108 valence electrons. The van der Waals surface area contributed by atoms with Crippen LogP contribution in [0.5, 0.6) is 0 Å². The molecule has 0 saturated heterocycles. The third-order valence-corrected chi connectivity index (χ3v) is 5.04. The molecule has 21 heavy (non-hydrogen) atoms. The molecular formula is C13H10ClN3O2S2. The summed E-state index contributed by atoms with van der Waals surface area (Å²) in [6, 6.07) is 3.92. The molecule has 0 fully saturated rings. The van der Waals surface area contributed by atoms with Crippen LogP contribution in [0.3, 0.4) is 0 Å². The Morgan fingerprint density at radius 3 is 3.00 bits per heavy atom. The highest BCUT2D eigenvalue weighted by atomic mass is 35.5. The minimum atomic E-state index is -0.465. The van der Waals surface area contributed by atoms with Gasteiger partial charge in [0, 0.05) is 12.4 Å². The Labute approximate surface area is 133 Å². The number of imidazole rings is 1. The highest BCUT2D eigenvalue weighted by Crippen LogP contribution is 2.28. The Kier molecular flexibility index (Phi) is 4.05. The molecule has 5 nitrogen and oxygen atoms in total. The molecular weight excluding hydrogens is 330 g/mol. The number of halogens is 1. The summed E-state index contributed by atoms with van der Waals surface area (Å²) in [6.07, 6.45) is 1.52. The summed E-state index contributed by atoms with van der Waals surface area (Å²) in [5.74, 6) is 0.121. The van der Waals surface area contributed by atoms with Gasteiger partial charge in [-0.1, -0.05) is 17.7 Å². The van der Waals surface area contributed by atoms with Crippen LogP contribution in [0.15, 0.2) is 29.1 Å². The van der Waals surface area contributed by atoms with E-state index in [-0.39, 0.29) is 6.61 Å². The molecule has 0 aromatic carbocycles. The van der Waals surface area contributed by atoms with Crippen molar-refractivity contribution in [3.05, 3.63) is 45.8 Å². The van der Waals surface area contributed by atoms with Crippen molar-refractivity contribution in [2.24, 2.45) is 7.05 Å². The van der Waals surface area contributed by atoms with Crippen molar-refractivity contribution in [3.63, 3.8) is 0 Å². The Morgan fingerprint density at radius 1 is 1.48 bits per heavy atom. The van der Waals surface area contributed by atoms with E-state index in [1.54, 1.807) is 28.3 Å². The lowest BCUT2D eigenvalue weighted by molar-refractivity contribution is 0.0453. The van der Waals surface area contributed by atoms with Crippen LogP contribution in [0, 0.1) is 0 Å². The van der Waals surface area contributed by atoms with E-state index in [0.717, 1.165) is 9.88 Å². The Hall–Kier alpha value is -1.70. The van der Waals surface area contributed by atoms with Gasteiger partial charge in [-0.25, -0.2) is 14.8 Å². The van der Waals surface area contributed by atoms with Gasteiger partial charge in [-0.3, -0.25) is 0 Å². The first-order valence-electron chi connectivity index (χ1n) is 5.98. The number of hydrogen-bond donors (Lipinski definition) is 0. The second-order valence-corrected chi connectivity index (χ2v) is 6.34. The summed E-state index contributed by atoms with van der Waals surface area (Å²) in [7, 11) is 1.76. The highest BCUT2D eigenvalue weighted by Gasteiger charge is 2.15. The summed E-state index contributed by atoms with van der Waals surface area (Å²) in [5.41, 5.74) is 0.309. The molecule has 0 amide bonds. The summed E-state index contributed by atoms with van der Waals surface area (Å²) in [4.78, 5) is 21.4. The molecule has 0 atom stereocenters. The van der Waals surface area contributed by atoms with Gasteiger partial charge in [0.2, 0.25) is 0 Å². The highest BCUT2D eigenvalue weighted by molar-refractivity contribution is 7.20. The van der Waals surface area contributed by atoms with Gasteiger partial charge in [0.25, 0.3) is 0 Å². The Morgan fingerprint density at radius 2 is 2.33 bits per heavy atom. The number of carbonyl (C=O) groups is 1. The molecule has 0 saturated carbocycles. The predicted molar refractivity (Wildman–Crippen MR) is 82.8 cm³/mol. The molecule has 0 aliphatic heterocycles. The zero-order chi connectivity index (χ0) is 14.8. The van der Waals surface area contributed by atoms with E-state index < -0.39 is 5.97 Å². The molecule has 3 aromatic heterocycles. The summed E-state index contributed by atoms with van der Waals surface area (Å²) in [6.45, 7) is 0.0634. The monoisotopic (exact) mass is 339 g/mol. The maximum absolute atomic E-state index is 12.0. The lowest BCUT2D eigenvalue weighted by Gasteiger charge is -2.03. The van der Waals surface area contributed by atoms with E-state index in [4.69, 9.17) is 16.3 Å². The van der Waals surface area contributed by atoms with E-state index in [9.17, 15) is 4.79 Å². The smallest absolute Gasteiger partial charge is 0.358 e. The van der Waals surface area contributed by atoms with Gasteiger partial charge < -0.3 is 9.30 Å². The van der Waals surface area contributed by atoms with E-state index in [1.807, 2.05) is 17.5 Å². The Balaban J connectivity index is 1.67. The fourth-order valence-electron chi connectivity index (χ4n) is 1.64. The van der Waals surface area contributed by atoms with Gasteiger partial charge in [0.1, 0.15) is 22.6 Å². The first kappa shape index (κ1) is 14.2. The van der Waals surface area contributed by atoms with Crippen molar-refractivity contribution in [1.82, 2.24) is 14.5 Å². The molecule has 3 aromatic rings. The van der Waals surface area contributed by atoms with Crippen LogP contribution in [0.1, 0.15) is 16.3 Å². The fourth-order valence-corrected chi connectivity index (χ4v) is 3.39. The molecule has 0 aliphatic carbocycles. The second-order valence-electron chi connectivity index (χ2n) is 4.15. The molecule has 0 bridgehead atoms. The number of thiazole rings is 1. The predicted octanol–water partition coefficient (Wildman–Crippen LogP) is 3.62. The van der Waals surface area contributed by atoms with E-state index in [1.165, 1.54) is 17.5 Å². The number of carbonyl (C=O) groups excluding carboxylic acids is 1. The van der Waals surface area contributed by atoms with E-state index in [0.29, 0.717) is 16.7 Å². The zero-order valence-electron chi connectivity index (χ0n) is 10.9. The minimum Gasteiger partial charge on any atom is -0.453 e. The lowest BCUT2D eigenvalue weighted by Crippen LogP contribution is -2.08. The maximum atomic E-state index is 12.0. The molecule has 0 aliphatic rings. The molecule has 3 rings (SSSR count). The zero-order valence-corrected chi connectivity index (χ0v) is 13.3. The minimum absolute atomic E-state index is 0.0634. The van der Waals surface area contributed by atoms with Crippen LogP contribution < -0.4 is 0 Å². The topological polar surface area (TPSA) is 57.0 Å². The van der Waals surface area contributed by atoms with Crippen molar-refractivity contribution in [2.45, 2.75) is 6.61 Å². The first-order chi connectivity index (χ1) is 10.1. The summed E-state index contributed by atoms with van der Waals surface area (Å²) in [5, 5.41) is 4.98. The van der Waals surface area contributed by atoms with Crippen molar-refractivity contribution < 1.29 is 9.53 Å². The van der Waals surface area contributed by atoms with Gasteiger partial charge in [0.05, 0.1) is 11.1 Å². The van der Waals surface area contributed by atoms with E-state index in [2.05, 4.69) is 9.97 Å². The van der Waals surface area contributed by atoms with Gasteiger partial charge in [0.15, 0.2) is 5.69 Å². The van der Waals surface area contributed by atoms with Crippen LogP contribution >= 0.6 is 34.3 Å². The van der Waals surface area contributed by atoms with Crippen molar-refractivity contribution in [1.29, 1.82) is 0 Å². The van der Waals surface area contributed by atoms with Crippen LogP contribution in [0.25, 0.3) is 9.88 Å². The quantitative estimate of drug-likeness (QED) is 0.681. The van der Waals surface area contributed by atoms with Crippen LogP contribution in [-0.2, 0) is 18.4 Å². The number of thiophene rings is 1. The van der Waals surface area contributed by atoms with Crippen molar-refractivity contribution in [2.75, 3.05) is 0 Å². The number of esters is 1. The number of hydrogen-bond acceptors (Lipinski definition) is 6. The lowest BCUT2D eigenvalue weighted by atomic mass is 10.4. The molecule has 0 spiro atoms. The molecule has 0 radical (unpaired) electrons. The number of aromatic nitrogens is 3. The van der Waals surface area contributed by atoms with Crippen LogP contribution in [0.2, 0.25) is 5.15 Å². The second kappa shape index (κ2) is 5.97. The van der Waals surface area contributed by atoms with Crippen molar-refractivity contribution >= 4 is 40.2 Å². The Bertz CT molecular complexity index is 764. The number of ether oxygens (including phenoxy) is 1. The average Bonchev–Trinajstić information content (AvgIpc) is 3.19. The summed E-state index contributed by atoms with van der Waals surface area (Å²) >= 11 is 8.88. The van der Waals surface area contributed by atoms with Gasteiger partial charge in [-0.2, -0.15) is 0 Å².